The molecule has 3 aromatic carbocycles. The van der Waals surface area contributed by atoms with Crippen LogP contribution in [0.2, 0.25) is 0 Å². The Kier molecular flexibility index (Phi) is 21.3. The van der Waals surface area contributed by atoms with Crippen LogP contribution in [0.15, 0.2) is 124 Å². The highest BCUT2D eigenvalue weighted by Crippen LogP contribution is 2.69. The molecule has 77 heavy (non-hydrogen) atoms. The molecule has 20 heteroatoms. The third kappa shape index (κ3) is 15.7. The molecule has 0 bridgehead atoms. The van der Waals surface area contributed by atoms with E-state index in [1.807, 2.05) is 81.4 Å². The monoisotopic (exact) mass is 1130 g/mol. The van der Waals surface area contributed by atoms with Crippen molar-refractivity contribution in [1.29, 1.82) is 0 Å². The molecular weight excluding hydrogens is 1060 g/mol. The number of ether oxygens (including phenoxy) is 6. The molecule has 3 aliphatic rings. The van der Waals surface area contributed by atoms with E-state index in [2.05, 4.69) is 33.9 Å². The zero-order valence-corrected chi connectivity index (χ0v) is 47.8. The summed E-state index contributed by atoms with van der Waals surface area (Å²) in [4.78, 5) is 112. The van der Waals surface area contributed by atoms with Crippen molar-refractivity contribution in [3.63, 3.8) is 0 Å². The summed E-state index contributed by atoms with van der Waals surface area (Å²) in [6, 6.07) is 18.5. The lowest BCUT2D eigenvalue weighted by molar-refractivity contribution is -0.153. The zero-order valence-electron chi connectivity index (χ0n) is 44.6. The van der Waals surface area contributed by atoms with Gasteiger partial charge in [0, 0.05) is 17.6 Å². The van der Waals surface area contributed by atoms with E-state index in [0.717, 1.165) is 71.0 Å². The lowest BCUT2D eigenvalue weighted by Gasteiger charge is -2.27. The van der Waals surface area contributed by atoms with Crippen molar-refractivity contribution in [2.24, 2.45) is 17.3 Å². The fourth-order valence-electron chi connectivity index (χ4n) is 8.22. The van der Waals surface area contributed by atoms with Crippen LogP contribution in [0.25, 0.3) is 0 Å². The SMILES string of the molecule is C=C(C)C(=O)OCCOC(=O)C(C(=O)OCCOC(=O)C(=C)C)=C1Sc2c(OC(=O)CC(C)CC(C)(C)C)c3c(c(OC(=O)C(CC)CCCC)c2S1)SC(=C1C(=O)N(Cc2ccccc2)N(Cc2ccccc2)C1=O)S3. The zero-order chi connectivity index (χ0) is 56.1. The maximum Gasteiger partial charge on any atom is 0.347 e. The minimum absolute atomic E-state index is 0.00359. The molecule has 0 N–H and O–H groups in total. The van der Waals surface area contributed by atoms with E-state index in [4.69, 9.17) is 28.4 Å². The Bertz CT molecular complexity index is 2770. The molecule has 3 aromatic rings. The van der Waals surface area contributed by atoms with E-state index >= 15 is 0 Å². The maximum absolute atomic E-state index is 14.9. The number of hydrogen-bond acceptors (Lipinski definition) is 18. The summed E-state index contributed by atoms with van der Waals surface area (Å²) < 4.78 is 34.3. The number of carbonyl (C=O) groups excluding carboxylic acids is 8. The third-order valence-electron chi connectivity index (χ3n) is 11.8. The highest BCUT2D eigenvalue weighted by molar-refractivity contribution is 8.26. The molecule has 3 aliphatic heterocycles. The van der Waals surface area contributed by atoms with Gasteiger partial charge in [0.2, 0.25) is 0 Å². The summed E-state index contributed by atoms with van der Waals surface area (Å²) in [5.41, 5.74) is 0.918. The van der Waals surface area contributed by atoms with E-state index in [0.29, 0.717) is 19.3 Å². The van der Waals surface area contributed by atoms with Gasteiger partial charge in [-0.25, -0.2) is 29.2 Å². The summed E-state index contributed by atoms with van der Waals surface area (Å²) in [7, 11) is 0. The Hall–Kier alpha value is -6.22. The van der Waals surface area contributed by atoms with Gasteiger partial charge in [0.1, 0.15) is 32.0 Å². The number of fused-ring (bicyclic) bond motifs is 2. The molecule has 410 valence electrons. The number of nitrogens with zero attached hydrogens (tertiary/aromatic N) is 2. The van der Waals surface area contributed by atoms with Crippen molar-refractivity contribution in [3.8, 4) is 11.5 Å². The summed E-state index contributed by atoms with van der Waals surface area (Å²) >= 11 is 3.74. The van der Waals surface area contributed by atoms with Gasteiger partial charge in [0.25, 0.3) is 11.8 Å². The second-order valence-electron chi connectivity index (χ2n) is 19.7. The predicted molar refractivity (Wildman–Crippen MR) is 294 cm³/mol. The van der Waals surface area contributed by atoms with Crippen LogP contribution in [0.3, 0.4) is 0 Å². The Morgan fingerprint density at radius 3 is 1.47 bits per heavy atom. The largest absolute Gasteiger partial charge is 0.459 e. The number of rotatable bonds is 24. The first kappa shape index (κ1) is 60.0. The number of thioether (sulfide) groups is 4. The number of hydrazine groups is 1. The molecule has 3 heterocycles. The Morgan fingerprint density at radius 1 is 0.623 bits per heavy atom. The lowest BCUT2D eigenvalue weighted by atomic mass is 9.84. The van der Waals surface area contributed by atoms with Gasteiger partial charge in [-0.1, -0.05) is 175 Å². The van der Waals surface area contributed by atoms with E-state index in [1.165, 1.54) is 23.9 Å². The van der Waals surface area contributed by atoms with Crippen molar-refractivity contribution in [1.82, 2.24) is 10.0 Å². The minimum Gasteiger partial charge on any atom is -0.459 e. The molecule has 0 saturated carbocycles. The minimum atomic E-state index is -1.18. The Balaban J connectivity index is 1.52. The van der Waals surface area contributed by atoms with Crippen molar-refractivity contribution in [3.05, 3.63) is 116 Å². The first-order valence-corrected chi connectivity index (χ1v) is 28.5. The smallest absolute Gasteiger partial charge is 0.347 e. The molecular formula is C57H64N2O14S4. The van der Waals surface area contributed by atoms with Crippen LogP contribution in [0, 0.1) is 17.3 Å². The van der Waals surface area contributed by atoms with Crippen LogP contribution in [-0.2, 0) is 70.4 Å². The Labute approximate surface area is 466 Å². The molecule has 0 spiro atoms. The van der Waals surface area contributed by atoms with E-state index in [-0.39, 0.29) is 100 Å². The van der Waals surface area contributed by atoms with Gasteiger partial charge in [-0.2, -0.15) is 0 Å². The van der Waals surface area contributed by atoms with Gasteiger partial charge in [-0.3, -0.25) is 19.2 Å². The molecule has 6 rings (SSSR count). The van der Waals surface area contributed by atoms with Gasteiger partial charge in [0.15, 0.2) is 17.1 Å². The second-order valence-corrected chi connectivity index (χ2v) is 24.3. The lowest BCUT2D eigenvalue weighted by Crippen LogP contribution is -2.39. The first-order chi connectivity index (χ1) is 36.6. The number of hydrogen-bond donors (Lipinski definition) is 0. The van der Waals surface area contributed by atoms with Crippen molar-refractivity contribution < 1.29 is 66.8 Å². The van der Waals surface area contributed by atoms with Crippen LogP contribution >= 0.6 is 47.0 Å². The maximum atomic E-state index is 14.9. The summed E-state index contributed by atoms with van der Waals surface area (Å²) in [6.07, 6.45) is 3.19. The van der Waals surface area contributed by atoms with Crippen LogP contribution in [0.5, 0.6) is 11.5 Å². The summed E-state index contributed by atoms with van der Waals surface area (Å²) in [5.74, 6) is -6.80. The normalized spacial score (nSPS) is 14.6. The van der Waals surface area contributed by atoms with Crippen LogP contribution in [0.4, 0.5) is 0 Å². The molecule has 16 nitrogen and oxygen atoms in total. The van der Waals surface area contributed by atoms with E-state index in [9.17, 15) is 38.4 Å². The number of esters is 6. The van der Waals surface area contributed by atoms with Gasteiger partial charge >= 0.3 is 35.8 Å². The molecule has 0 radical (unpaired) electrons. The summed E-state index contributed by atoms with van der Waals surface area (Å²) in [6.45, 7) is 20.5. The second kappa shape index (κ2) is 27.4. The quantitative estimate of drug-likeness (QED) is 0.0156. The van der Waals surface area contributed by atoms with E-state index < -0.39 is 72.3 Å². The Morgan fingerprint density at radius 2 is 1.05 bits per heavy atom. The predicted octanol–water partition coefficient (Wildman–Crippen LogP) is 11.3. The van der Waals surface area contributed by atoms with Crippen LogP contribution in [0.1, 0.15) is 105 Å². The number of benzene rings is 3. The van der Waals surface area contributed by atoms with Gasteiger partial charge in [-0.15, -0.1) is 0 Å². The third-order valence-corrected chi connectivity index (χ3v) is 17.0. The molecule has 0 aliphatic carbocycles. The number of amides is 2. The average Bonchev–Trinajstić information content (AvgIpc) is 4.08. The molecule has 2 amide bonds. The van der Waals surface area contributed by atoms with Crippen LogP contribution in [-0.4, -0.2) is 84.1 Å². The van der Waals surface area contributed by atoms with Gasteiger partial charge < -0.3 is 28.4 Å². The molecule has 0 aromatic heterocycles. The average molecular weight is 1130 g/mol. The molecule has 2 atom stereocenters. The van der Waals surface area contributed by atoms with Crippen LogP contribution < -0.4 is 9.47 Å². The van der Waals surface area contributed by atoms with E-state index in [1.54, 1.807) is 0 Å². The molecule has 2 unspecified atom stereocenters. The van der Waals surface area contributed by atoms with Crippen molar-refractivity contribution in [2.75, 3.05) is 26.4 Å². The molecule has 1 fully saturated rings. The number of carbonyl (C=O) groups is 8. The topological polar surface area (TPSA) is 198 Å². The van der Waals surface area contributed by atoms with Gasteiger partial charge in [0.05, 0.1) is 47.1 Å². The van der Waals surface area contributed by atoms with Gasteiger partial charge in [-0.05, 0) is 55.6 Å². The highest BCUT2D eigenvalue weighted by atomic mass is 32.2. The molecule has 1 saturated heterocycles. The number of unbranched alkanes of at least 4 members (excludes halogenated alkanes) is 1. The van der Waals surface area contributed by atoms with Crippen molar-refractivity contribution in [2.45, 2.75) is 127 Å². The fraction of sp³-hybridized carbons (Fsp3) is 0.404. The summed E-state index contributed by atoms with van der Waals surface area (Å²) in [5, 5.41) is 2.82. The highest BCUT2D eigenvalue weighted by Gasteiger charge is 2.48. The van der Waals surface area contributed by atoms with Crippen molar-refractivity contribution >= 4 is 94.7 Å². The fourth-order valence-corrected chi connectivity index (χ4v) is 13.7. The first-order valence-electron chi connectivity index (χ1n) is 25.2. The standard InChI is InChI=1S/C57H64N2O14S4/c1-11-13-24-38(12-2)52(65)73-43-46-44(74-55(75-46)40-48(61)58(31-36-20-16-14-17-21-36)59(49(40)62)32-37-22-18-15-19-23-37)42(72-39(60)29-35(7)30-57(8,9)10)45-47(43)77-56(76-45)41(53(66)70-27-25-68-50(63)33(3)4)54(67)71-28-26-69-51(64)34(5)6/h14-23,35,38H,3,5,11-13,24-32H2,1-2,4,6-10H3.